The van der Waals surface area contributed by atoms with Gasteiger partial charge in [0, 0.05) is 0 Å². The van der Waals surface area contributed by atoms with E-state index in [4.69, 9.17) is 9.47 Å². The van der Waals surface area contributed by atoms with Crippen LogP contribution in [0.25, 0.3) is 0 Å². The van der Waals surface area contributed by atoms with Crippen molar-refractivity contribution >= 4 is 6.09 Å². The van der Waals surface area contributed by atoms with Gasteiger partial charge in [-0.15, -0.1) is 0 Å². The van der Waals surface area contributed by atoms with Crippen LogP contribution >= 0.6 is 0 Å². The molecule has 0 spiro atoms. The molecule has 1 aliphatic heterocycles. The quantitative estimate of drug-likeness (QED) is 0.825. The zero-order valence-electron chi connectivity index (χ0n) is 13.8. The predicted molar refractivity (Wildman–Crippen MR) is 82.0 cm³/mol. The molecule has 0 unspecified atom stereocenters. The van der Waals surface area contributed by atoms with Gasteiger partial charge in [-0.25, -0.2) is 4.79 Å². The SMILES string of the molecule is Cc1ccccc1[C@@H](C)OC(=O)N1C(C)(C)COC1(C)C. The molecule has 0 radical (unpaired) electrons. The van der Waals surface area contributed by atoms with Crippen molar-refractivity contribution < 1.29 is 14.3 Å². The number of amides is 1. The molecule has 1 fully saturated rings. The summed E-state index contributed by atoms with van der Waals surface area (Å²) >= 11 is 0. The van der Waals surface area contributed by atoms with Gasteiger partial charge in [-0.05, 0) is 52.7 Å². The Balaban J connectivity index is 2.16. The summed E-state index contributed by atoms with van der Waals surface area (Å²) in [5, 5.41) is 0. The van der Waals surface area contributed by atoms with Crippen molar-refractivity contribution in [2.24, 2.45) is 0 Å². The molecule has 0 saturated carbocycles. The van der Waals surface area contributed by atoms with Gasteiger partial charge in [0.1, 0.15) is 11.8 Å². The lowest BCUT2D eigenvalue weighted by molar-refractivity contribution is -0.0574. The Bertz CT molecular complexity index is 521. The molecule has 1 aliphatic rings. The van der Waals surface area contributed by atoms with E-state index in [-0.39, 0.29) is 17.7 Å². The minimum Gasteiger partial charge on any atom is -0.441 e. The fourth-order valence-electron chi connectivity index (χ4n) is 2.99. The second-order valence-electron chi connectivity index (χ2n) is 6.77. The first-order valence-electron chi connectivity index (χ1n) is 7.35. The van der Waals surface area contributed by atoms with Gasteiger partial charge in [0.2, 0.25) is 0 Å². The Morgan fingerprint density at radius 1 is 1.29 bits per heavy atom. The van der Waals surface area contributed by atoms with Crippen molar-refractivity contribution in [3.8, 4) is 0 Å². The molecule has 1 heterocycles. The van der Waals surface area contributed by atoms with Crippen LogP contribution in [0.1, 0.15) is 51.8 Å². The van der Waals surface area contributed by atoms with Gasteiger partial charge in [0.05, 0.1) is 12.1 Å². The highest BCUT2D eigenvalue weighted by atomic mass is 16.6. The van der Waals surface area contributed by atoms with Crippen LogP contribution in [0.15, 0.2) is 24.3 Å². The van der Waals surface area contributed by atoms with Crippen LogP contribution in [0.4, 0.5) is 4.79 Å². The van der Waals surface area contributed by atoms with Gasteiger partial charge in [0.15, 0.2) is 0 Å². The Morgan fingerprint density at radius 3 is 2.43 bits per heavy atom. The molecule has 0 bridgehead atoms. The van der Waals surface area contributed by atoms with Crippen molar-refractivity contribution in [1.82, 2.24) is 4.90 Å². The van der Waals surface area contributed by atoms with Crippen LogP contribution in [-0.4, -0.2) is 28.9 Å². The number of carbonyl (C=O) groups is 1. The van der Waals surface area contributed by atoms with Crippen molar-refractivity contribution in [3.63, 3.8) is 0 Å². The number of rotatable bonds is 2. The van der Waals surface area contributed by atoms with Crippen LogP contribution in [0.2, 0.25) is 0 Å². The average Bonchev–Trinajstić information content (AvgIpc) is 2.58. The molecule has 1 aromatic carbocycles. The molecule has 116 valence electrons. The lowest BCUT2D eigenvalue weighted by atomic mass is 10.0. The van der Waals surface area contributed by atoms with E-state index in [1.54, 1.807) is 4.90 Å². The van der Waals surface area contributed by atoms with Crippen molar-refractivity contribution in [1.29, 1.82) is 0 Å². The first-order chi connectivity index (χ1) is 9.65. The number of hydrogen-bond acceptors (Lipinski definition) is 3. The first-order valence-corrected chi connectivity index (χ1v) is 7.35. The summed E-state index contributed by atoms with van der Waals surface area (Å²) in [5.41, 5.74) is 1.13. The highest BCUT2D eigenvalue weighted by molar-refractivity contribution is 5.70. The second kappa shape index (κ2) is 5.34. The lowest BCUT2D eigenvalue weighted by Crippen LogP contribution is -2.53. The second-order valence-corrected chi connectivity index (χ2v) is 6.77. The Kier molecular flexibility index (Phi) is 4.02. The van der Waals surface area contributed by atoms with Crippen LogP contribution in [-0.2, 0) is 9.47 Å². The van der Waals surface area contributed by atoms with Gasteiger partial charge in [0.25, 0.3) is 0 Å². The smallest absolute Gasteiger partial charge is 0.413 e. The molecule has 0 N–H and O–H groups in total. The van der Waals surface area contributed by atoms with E-state index in [9.17, 15) is 4.79 Å². The maximum atomic E-state index is 12.6. The maximum Gasteiger partial charge on any atom is 0.413 e. The Morgan fingerprint density at radius 2 is 1.90 bits per heavy atom. The number of benzene rings is 1. The molecular weight excluding hydrogens is 266 g/mol. The van der Waals surface area contributed by atoms with Gasteiger partial charge in [-0.2, -0.15) is 0 Å². The molecule has 1 amide bonds. The third-order valence-corrected chi connectivity index (χ3v) is 4.01. The summed E-state index contributed by atoms with van der Waals surface area (Å²) in [7, 11) is 0. The van der Waals surface area contributed by atoms with Crippen LogP contribution in [0.3, 0.4) is 0 Å². The molecule has 1 aromatic rings. The highest BCUT2D eigenvalue weighted by Crippen LogP contribution is 2.36. The van der Waals surface area contributed by atoms with E-state index in [0.717, 1.165) is 11.1 Å². The van der Waals surface area contributed by atoms with Crippen molar-refractivity contribution in [2.45, 2.75) is 58.9 Å². The monoisotopic (exact) mass is 291 g/mol. The highest BCUT2D eigenvalue weighted by Gasteiger charge is 2.50. The summed E-state index contributed by atoms with van der Waals surface area (Å²) in [5.74, 6) is 0. The summed E-state index contributed by atoms with van der Waals surface area (Å²) in [6.07, 6.45) is -0.621. The fourth-order valence-corrected chi connectivity index (χ4v) is 2.99. The third-order valence-electron chi connectivity index (χ3n) is 4.01. The molecule has 21 heavy (non-hydrogen) atoms. The number of hydrogen-bond donors (Lipinski definition) is 0. The van der Waals surface area contributed by atoms with E-state index in [0.29, 0.717) is 6.61 Å². The van der Waals surface area contributed by atoms with Crippen LogP contribution in [0, 0.1) is 6.92 Å². The molecule has 0 aromatic heterocycles. The molecule has 1 atom stereocenters. The standard InChI is InChI=1S/C17H25NO3/c1-12-9-7-8-10-14(12)13(2)21-15(19)18-16(3,4)11-20-17(18,5)6/h7-10,13H,11H2,1-6H3/t13-/m1/s1. The predicted octanol–water partition coefficient (Wildman–Crippen LogP) is 4.04. The van der Waals surface area contributed by atoms with E-state index >= 15 is 0 Å². The van der Waals surface area contributed by atoms with E-state index in [1.807, 2.05) is 65.8 Å². The van der Waals surface area contributed by atoms with Crippen LogP contribution < -0.4 is 0 Å². The largest absolute Gasteiger partial charge is 0.441 e. The number of carbonyl (C=O) groups excluding carboxylic acids is 1. The molecule has 4 nitrogen and oxygen atoms in total. The maximum absolute atomic E-state index is 12.6. The Hall–Kier alpha value is -1.55. The average molecular weight is 291 g/mol. The van der Waals surface area contributed by atoms with Crippen molar-refractivity contribution in [2.75, 3.05) is 6.61 Å². The summed E-state index contributed by atoms with van der Waals surface area (Å²) in [6.45, 7) is 12.2. The summed E-state index contributed by atoms with van der Waals surface area (Å²) in [6, 6.07) is 7.95. The number of ether oxygens (including phenoxy) is 2. The van der Waals surface area contributed by atoms with Gasteiger partial charge in [-0.1, -0.05) is 24.3 Å². The third kappa shape index (κ3) is 3.05. The first kappa shape index (κ1) is 15.8. The summed E-state index contributed by atoms with van der Waals surface area (Å²) in [4.78, 5) is 14.3. The molecule has 0 aliphatic carbocycles. The lowest BCUT2D eigenvalue weighted by Gasteiger charge is -2.37. The zero-order valence-corrected chi connectivity index (χ0v) is 13.8. The van der Waals surface area contributed by atoms with Gasteiger partial charge in [-0.3, -0.25) is 4.90 Å². The molecule has 1 saturated heterocycles. The minimum atomic E-state index is -0.647. The Labute approximate surface area is 127 Å². The number of nitrogens with zero attached hydrogens (tertiary/aromatic N) is 1. The van der Waals surface area contributed by atoms with Gasteiger partial charge >= 0.3 is 6.09 Å². The minimum absolute atomic E-state index is 0.286. The molecule has 4 heteroatoms. The normalized spacial score (nSPS) is 21.1. The van der Waals surface area contributed by atoms with E-state index in [2.05, 4.69) is 0 Å². The van der Waals surface area contributed by atoms with E-state index in [1.165, 1.54) is 0 Å². The number of aryl methyl sites for hydroxylation is 1. The van der Waals surface area contributed by atoms with Gasteiger partial charge < -0.3 is 9.47 Å². The molecule has 2 rings (SSSR count). The zero-order chi connectivity index (χ0) is 15.8. The summed E-state index contributed by atoms with van der Waals surface area (Å²) < 4.78 is 11.4. The molecular formula is C17H25NO3. The topological polar surface area (TPSA) is 38.8 Å². The van der Waals surface area contributed by atoms with Crippen molar-refractivity contribution in [3.05, 3.63) is 35.4 Å². The van der Waals surface area contributed by atoms with E-state index < -0.39 is 5.72 Å². The van der Waals surface area contributed by atoms with Crippen LogP contribution in [0.5, 0.6) is 0 Å². The fraction of sp³-hybridized carbons (Fsp3) is 0.588.